The third-order valence-electron chi connectivity index (χ3n) is 6.98. The lowest BCUT2D eigenvalue weighted by Gasteiger charge is -2.29. The Morgan fingerprint density at radius 3 is 2.66 bits per heavy atom. The highest BCUT2D eigenvalue weighted by atomic mass is 16.2. The first-order valence-corrected chi connectivity index (χ1v) is 11.7. The minimum atomic E-state index is -0.137. The molecule has 168 valence electrons. The molecule has 0 unspecified atom stereocenters. The van der Waals surface area contributed by atoms with Crippen molar-refractivity contribution < 1.29 is 4.79 Å². The van der Waals surface area contributed by atoms with E-state index in [1.165, 1.54) is 19.3 Å². The molecule has 7 heteroatoms. The SMILES string of the molecule is C[C@H]1CCCC[C@@H]1n1nc(Nc2ccc(C(=O)N(C)C)c(C3CC3)c2)c2c(=O)[nH]ccc21. The van der Waals surface area contributed by atoms with Gasteiger partial charge in [0.15, 0.2) is 5.82 Å². The van der Waals surface area contributed by atoms with Crippen LogP contribution >= 0.6 is 0 Å². The predicted molar refractivity (Wildman–Crippen MR) is 127 cm³/mol. The van der Waals surface area contributed by atoms with Gasteiger partial charge in [-0.05, 0) is 67.3 Å². The number of pyridine rings is 1. The summed E-state index contributed by atoms with van der Waals surface area (Å²) in [6.07, 6.45) is 8.62. The minimum absolute atomic E-state index is 0.0240. The molecule has 2 fully saturated rings. The molecular weight excluding hydrogens is 402 g/mol. The number of carbonyl (C=O) groups is 1. The molecule has 2 aromatic heterocycles. The molecule has 2 N–H and O–H groups in total. The summed E-state index contributed by atoms with van der Waals surface area (Å²) in [4.78, 5) is 29.8. The number of carbonyl (C=O) groups excluding carboxylic acids is 1. The number of nitrogens with zero attached hydrogens (tertiary/aromatic N) is 3. The number of hydrogen-bond acceptors (Lipinski definition) is 4. The molecule has 2 atom stereocenters. The second kappa shape index (κ2) is 8.11. The predicted octanol–water partition coefficient (Wildman–Crippen LogP) is 4.80. The smallest absolute Gasteiger partial charge is 0.261 e. The molecule has 2 aliphatic carbocycles. The van der Waals surface area contributed by atoms with Crippen LogP contribution in [-0.2, 0) is 0 Å². The molecular formula is C25H31N5O2. The maximum Gasteiger partial charge on any atom is 0.261 e. The van der Waals surface area contributed by atoms with Crippen molar-refractivity contribution in [3.63, 3.8) is 0 Å². The number of H-pyrrole nitrogens is 1. The van der Waals surface area contributed by atoms with Crippen molar-refractivity contribution in [1.82, 2.24) is 19.7 Å². The topological polar surface area (TPSA) is 83.0 Å². The highest BCUT2D eigenvalue weighted by Crippen LogP contribution is 2.43. The van der Waals surface area contributed by atoms with Crippen LogP contribution in [0.15, 0.2) is 35.3 Å². The average molecular weight is 434 g/mol. The zero-order valence-electron chi connectivity index (χ0n) is 19.0. The number of fused-ring (bicyclic) bond motifs is 1. The molecule has 2 heterocycles. The van der Waals surface area contributed by atoms with Gasteiger partial charge in [0.1, 0.15) is 5.39 Å². The summed E-state index contributed by atoms with van der Waals surface area (Å²) in [5, 5.41) is 8.90. The Hall–Kier alpha value is -3.09. The summed E-state index contributed by atoms with van der Waals surface area (Å²) < 4.78 is 2.06. The fourth-order valence-electron chi connectivity index (χ4n) is 5.04. The highest BCUT2D eigenvalue weighted by Gasteiger charge is 2.30. The average Bonchev–Trinajstić information content (AvgIpc) is 3.56. The van der Waals surface area contributed by atoms with Gasteiger partial charge in [-0.2, -0.15) is 5.10 Å². The molecule has 0 aliphatic heterocycles. The zero-order valence-corrected chi connectivity index (χ0v) is 19.0. The van der Waals surface area contributed by atoms with Gasteiger partial charge in [-0.1, -0.05) is 19.8 Å². The number of benzene rings is 1. The van der Waals surface area contributed by atoms with Crippen LogP contribution in [0.3, 0.4) is 0 Å². The van der Waals surface area contributed by atoms with Crippen molar-refractivity contribution in [2.75, 3.05) is 19.4 Å². The van der Waals surface area contributed by atoms with Crippen molar-refractivity contribution in [1.29, 1.82) is 0 Å². The van der Waals surface area contributed by atoms with Crippen molar-refractivity contribution in [2.45, 2.75) is 57.4 Å². The van der Waals surface area contributed by atoms with E-state index in [4.69, 9.17) is 5.10 Å². The summed E-state index contributed by atoms with van der Waals surface area (Å²) in [6.45, 7) is 2.28. The normalized spacial score (nSPS) is 21.0. The molecule has 0 spiro atoms. The van der Waals surface area contributed by atoms with Crippen LogP contribution in [-0.4, -0.2) is 39.7 Å². The molecule has 0 radical (unpaired) electrons. The maximum atomic E-state index is 12.8. The van der Waals surface area contributed by atoms with Gasteiger partial charge >= 0.3 is 0 Å². The molecule has 2 aliphatic rings. The Balaban J connectivity index is 1.55. The van der Waals surface area contributed by atoms with Crippen molar-refractivity contribution in [3.8, 4) is 0 Å². The molecule has 3 aromatic rings. The first-order valence-electron chi connectivity index (χ1n) is 11.7. The van der Waals surface area contributed by atoms with E-state index in [9.17, 15) is 9.59 Å². The molecule has 0 bridgehead atoms. The lowest BCUT2D eigenvalue weighted by molar-refractivity contribution is 0.0826. The summed E-state index contributed by atoms with van der Waals surface area (Å²) >= 11 is 0. The molecule has 5 rings (SSSR count). The quantitative estimate of drug-likeness (QED) is 0.606. The van der Waals surface area contributed by atoms with Gasteiger partial charge in [0.25, 0.3) is 11.5 Å². The van der Waals surface area contributed by atoms with Gasteiger partial charge in [-0.15, -0.1) is 0 Å². The second-order valence-electron chi connectivity index (χ2n) is 9.59. The van der Waals surface area contributed by atoms with Gasteiger partial charge in [-0.3, -0.25) is 14.3 Å². The summed E-state index contributed by atoms with van der Waals surface area (Å²) in [5.74, 6) is 1.55. The maximum absolute atomic E-state index is 12.8. The number of aromatic nitrogens is 3. The number of aromatic amines is 1. The van der Waals surface area contributed by atoms with E-state index in [0.717, 1.165) is 41.6 Å². The van der Waals surface area contributed by atoms with Crippen molar-refractivity contribution in [3.05, 3.63) is 51.9 Å². The van der Waals surface area contributed by atoms with Gasteiger partial charge < -0.3 is 15.2 Å². The van der Waals surface area contributed by atoms with E-state index in [1.807, 2.05) is 18.2 Å². The van der Waals surface area contributed by atoms with E-state index >= 15 is 0 Å². The van der Waals surface area contributed by atoms with Crippen molar-refractivity contribution in [2.24, 2.45) is 5.92 Å². The summed E-state index contributed by atoms with van der Waals surface area (Å²) in [7, 11) is 3.56. The molecule has 32 heavy (non-hydrogen) atoms. The Labute approximate surface area is 187 Å². The Morgan fingerprint density at radius 1 is 1.16 bits per heavy atom. The monoisotopic (exact) mass is 433 g/mol. The number of hydrogen-bond donors (Lipinski definition) is 2. The Morgan fingerprint density at radius 2 is 1.94 bits per heavy atom. The fraction of sp³-hybridized carbons (Fsp3) is 0.480. The molecule has 0 saturated heterocycles. The first-order chi connectivity index (χ1) is 15.4. The summed E-state index contributed by atoms with van der Waals surface area (Å²) in [5.41, 5.74) is 3.42. The van der Waals surface area contributed by atoms with Gasteiger partial charge in [0.05, 0.1) is 11.6 Å². The third kappa shape index (κ3) is 3.70. The van der Waals surface area contributed by atoms with Crippen LogP contribution in [0.5, 0.6) is 0 Å². The van der Waals surface area contributed by atoms with Crippen LogP contribution < -0.4 is 10.9 Å². The third-order valence-corrected chi connectivity index (χ3v) is 6.98. The lowest BCUT2D eigenvalue weighted by atomic mass is 9.86. The Bertz CT molecular complexity index is 1220. The number of rotatable bonds is 5. The van der Waals surface area contributed by atoms with E-state index in [1.54, 1.807) is 25.2 Å². The van der Waals surface area contributed by atoms with Gasteiger partial charge in [0.2, 0.25) is 0 Å². The van der Waals surface area contributed by atoms with E-state index in [-0.39, 0.29) is 11.5 Å². The van der Waals surface area contributed by atoms with Crippen LogP contribution in [0.2, 0.25) is 0 Å². The lowest BCUT2D eigenvalue weighted by Crippen LogP contribution is -2.23. The number of amides is 1. The van der Waals surface area contributed by atoms with Crippen LogP contribution in [0.25, 0.3) is 10.9 Å². The molecule has 7 nitrogen and oxygen atoms in total. The molecule has 1 aromatic carbocycles. The summed E-state index contributed by atoms with van der Waals surface area (Å²) in [6, 6.07) is 8.11. The van der Waals surface area contributed by atoms with Gasteiger partial charge in [-0.25, -0.2) is 0 Å². The van der Waals surface area contributed by atoms with Crippen LogP contribution in [0.4, 0.5) is 11.5 Å². The molecule has 1 amide bonds. The van der Waals surface area contributed by atoms with Crippen LogP contribution in [0, 0.1) is 5.92 Å². The highest BCUT2D eigenvalue weighted by molar-refractivity contribution is 5.97. The molecule has 2 saturated carbocycles. The van der Waals surface area contributed by atoms with E-state index < -0.39 is 0 Å². The van der Waals surface area contributed by atoms with E-state index in [2.05, 4.69) is 28.0 Å². The standard InChI is InChI=1S/C25H31N5O2/c1-15-6-4-5-7-20(15)30-21-12-13-26-24(31)22(21)23(28-30)27-17-10-11-18(25(32)29(2)3)19(14-17)16-8-9-16/h10-16,20H,4-9H2,1-3H3,(H,26,31)(H,27,28)/t15-,20-/m0/s1. The Kier molecular flexibility index (Phi) is 5.27. The minimum Gasteiger partial charge on any atom is -0.345 e. The van der Waals surface area contributed by atoms with E-state index in [0.29, 0.717) is 29.1 Å². The number of anilines is 2. The largest absolute Gasteiger partial charge is 0.345 e. The van der Waals surface area contributed by atoms with Gasteiger partial charge in [0, 0.05) is 31.5 Å². The fourth-order valence-corrected chi connectivity index (χ4v) is 5.04. The second-order valence-corrected chi connectivity index (χ2v) is 9.59. The zero-order chi connectivity index (χ0) is 22.4. The first kappa shape index (κ1) is 20.8. The van der Waals surface area contributed by atoms with Crippen LogP contribution in [0.1, 0.15) is 73.3 Å². The number of nitrogens with one attached hydrogen (secondary N) is 2. The van der Waals surface area contributed by atoms with Crippen molar-refractivity contribution >= 4 is 28.3 Å².